The molecule has 1 radical (unpaired) electrons. The molecule has 0 aromatic carbocycles. The van der Waals surface area contributed by atoms with Crippen molar-refractivity contribution in [3.63, 3.8) is 0 Å². The van der Waals surface area contributed by atoms with Crippen LogP contribution < -0.4 is 5.32 Å². The van der Waals surface area contributed by atoms with Crippen LogP contribution in [0.25, 0.3) is 0 Å². The van der Waals surface area contributed by atoms with Gasteiger partial charge in [-0.3, -0.25) is 4.79 Å². The Morgan fingerprint density at radius 2 is 2.23 bits per heavy atom. The van der Waals surface area contributed by atoms with E-state index >= 15 is 0 Å². The highest BCUT2D eigenvalue weighted by atomic mass is 35.5. The molecule has 1 fully saturated rings. The Labute approximate surface area is 181 Å². The molecule has 1 aliphatic rings. The number of furan rings is 1. The van der Waals surface area contributed by atoms with Crippen molar-refractivity contribution in [3.05, 3.63) is 71.1 Å². The number of alkyl halides is 1. The maximum Gasteiger partial charge on any atom is 0.199 e. The van der Waals surface area contributed by atoms with Gasteiger partial charge in [0.15, 0.2) is 11.0 Å². The molecule has 1 aliphatic carbocycles. The van der Waals surface area contributed by atoms with Crippen LogP contribution in [0.1, 0.15) is 28.1 Å². The minimum absolute atomic E-state index is 0.168. The molecule has 2 N–H and O–H groups in total. The van der Waals surface area contributed by atoms with Crippen LogP contribution in [0.4, 0.5) is 10.2 Å². The van der Waals surface area contributed by atoms with Gasteiger partial charge in [-0.25, -0.2) is 14.4 Å². The summed E-state index contributed by atoms with van der Waals surface area (Å²) in [6.45, 7) is 4.05. The molecule has 0 spiro atoms. The molecule has 3 aromatic heterocycles. The minimum Gasteiger partial charge on any atom is -0.448 e. The van der Waals surface area contributed by atoms with Gasteiger partial charge in [0.25, 0.3) is 0 Å². The highest BCUT2D eigenvalue weighted by molar-refractivity contribution is 6.30. The zero-order valence-electron chi connectivity index (χ0n) is 15.6. The molecule has 0 unspecified atom stereocenters. The van der Waals surface area contributed by atoms with Crippen LogP contribution >= 0.6 is 23.2 Å². The molecule has 4 rings (SSSR count). The van der Waals surface area contributed by atoms with E-state index < -0.39 is 24.2 Å². The highest BCUT2D eigenvalue weighted by Gasteiger charge is 2.41. The fraction of sp³-hybridized carbons (Fsp3) is 0.300. The molecule has 3 aromatic rings. The van der Waals surface area contributed by atoms with Crippen LogP contribution in [0.15, 0.2) is 41.3 Å². The molecule has 3 heterocycles. The SMILES string of the molecule is [CH2][C@@H]1C[C@@H](Nc2ncncc2C(=O)c2cc(Cl)n(Cc3ccc(Cl)o3)c2)[C@@H](F)[C@@H]1O. The summed E-state index contributed by atoms with van der Waals surface area (Å²) in [6, 6.07) is 4.15. The van der Waals surface area contributed by atoms with E-state index in [4.69, 9.17) is 27.6 Å². The van der Waals surface area contributed by atoms with E-state index in [0.29, 0.717) is 29.4 Å². The van der Waals surface area contributed by atoms with Gasteiger partial charge in [-0.1, -0.05) is 11.6 Å². The van der Waals surface area contributed by atoms with E-state index in [0.717, 1.165) is 0 Å². The number of anilines is 1. The third kappa shape index (κ3) is 4.08. The Morgan fingerprint density at radius 3 is 2.90 bits per heavy atom. The van der Waals surface area contributed by atoms with Crippen LogP contribution in [0, 0.1) is 12.8 Å². The second-order valence-electron chi connectivity index (χ2n) is 7.18. The van der Waals surface area contributed by atoms with Gasteiger partial charge < -0.3 is 19.4 Å². The molecule has 0 aliphatic heterocycles. The maximum atomic E-state index is 14.3. The Hall–Kier alpha value is -2.42. The molecule has 30 heavy (non-hydrogen) atoms. The zero-order valence-corrected chi connectivity index (χ0v) is 17.1. The summed E-state index contributed by atoms with van der Waals surface area (Å²) in [5, 5.41) is 13.3. The molecule has 157 valence electrons. The van der Waals surface area contributed by atoms with Crippen molar-refractivity contribution < 1.29 is 18.7 Å². The van der Waals surface area contributed by atoms with Crippen LogP contribution in [0.2, 0.25) is 10.4 Å². The summed E-state index contributed by atoms with van der Waals surface area (Å²) in [7, 11) is 0. The number of hydrogen-bond acceptors (Lipinski definition) is 6. The summed E-state index contributed by atoms with van der Waals surface area (Å²) in [4.78, 5) is 21.1. The molecule has 10 heteroatoms. The number of aliphatic hydroxyl groups excluding tert-OH is 1. The average molecular weight is 452 g/mol. The second kappa shape index (κ2) is 8.37. The normalized spacial score (nSPS) is 23.6. The standard InChI is InChI=1S/C20H18Cl2FN4O3/c1-10-4-14(17(23)18(10)28)26-20-13(6-24-9-25-20)19(29)11-5-15(21)27(7-11)8-12-2-3-16(22)30-12/h2-3,5-7,9-10,14,17-18,28H,1,4,8H2,(H,24,25,26)/t10-,14-,17-,18-/m1/s1. The van der Waals surface area contributed by atoms with E-state index in [1.807, 2.05) is 0 Å². The van der Waals surface area contributed by atoms with Gasteiger partial charge in [0.2, 0.25) is 0 Å². The van der Waals surface area contributed by atoms with Gasteiger partial charge in [-0.2, -0.15) is 0 Å². The van der Waals surface area contributed by atoms with Crippen molar-refractivity contribution in [3.8, 4) is 0 Å². The molecule has 1 saturated carbocycles. The molecule has 0 bridgehead atoms. The zero-order chi connectivity index (χ0) is 21.4. The number of ketones is 1. The minimum atomic E-state index is -1.51. The molecule has 0 amide bonds. The Balaban J connectivity index is 1.56. The predicted octanol–water partition coefficient (Wildman–Crippen LogP) is 3.79. The Morgan fingerprint density at radius 1 is 1.43 bits per heavy atom. The lowest BCUT2D eigenvalue weighted by molar-refractivity contribution is 0.0793. The molecular weight excluding hydrogens is 434 g/mol. The number of halogens is 3. The average Bonchev–Trinajstić information content (AvgIpc) is 3.37. The third-order valence-electron chi connectivity index (χ3n) is 5.09. The summed E-state index contributed by atoms with van der Waals surface area (Å²) in [5.41, 5.74) is 0.482. The lowest BCUT2D eigenvalue weighted by Crippen LogP contribution is -2.32. The van der Waals surface area contributed by atoms with Crippen molar-refractivity contribution in [1.82, 2.24) is 14.5 Å². The monoisotopic (exact) mass is 451 g/mol. The van der Waals surface area contributed by atoms with Crippen LogP contribution in [0.3, 0.4) is 0 Å². The second-order valence-corrected chi connectivity index (χ2v) is 7.94. The number of rotatable bonds is 6. The van der Waals surface area contributed by atoms with Crippen molar-refractivity contribution in [2.24, 2.45) is 5.92 Å². The van der Waals surface area contributed by atoms with Gasteiger partial charge in [-0.15, -0.1) is 0 Å². The van der Waals surface area contributed by atoms with E-state index in [1.165, 1.54) is 18.6 Å². The molecule has 7 nitrogen and oxygen atoms in total. The summed E-state index contributed by atoms with van der Waals surface area (Å²) in [5.74, 6) is -0.0539. The largest absolute Gasteiger partial charge is 0.448 e. The van der Waals surface area contributed by atoms with Gasteiger partial charge >= 0.3 is 0 Å². The number of carbonyl (C=O) groups is 1. The number of carbonyl (C=O) groups excluding carboxylic acids is 1. The Bertz CT molecular complexity index is 1070. The highest BCUT2D eigenvalue weighted by Crippen LogP contribution is 2.31. The number of nitrogens with zero attached hydrogens (tertiary/aromatic N) is 3. The van der Waals surface area contributed by atoms with Crippen LogP contribution in [0.5, 0.6) is 0 Å². The van der Waals surface area contributed by atoms with E-state index in [9.17, 15) is 14.3 Å². The summed E-state index contributed by atoms with van der Waals surface area (Å²) < 4.78 is 21.3. The number of nitrogens with one attached hydrogen (secondary N) is 1. The number of aliphatic hydroxyl groups is 1. The smallest absolute Gasteiger partial charge is 0.199 e. The fourth-order valence-corrected chi connectivity index (χ4v) is 3.89. The van der Waals surface area contributed by atoms with Crippen molar-refractivity contribution >= 4 is 34.8 Å². The van der Waals surface area contributed by atoms with Crippen LogP contribution in [-0.2, 0) is 6.54 Å². The third-order valence-corrected chi connectivity index (χ3v) is 5.62. The van der Waals surface area contributed by atoms with E-state index in [1.54, 1.807) is 22.9 Å². The van der Waals surface area contributed by atoms with Crippen molar-refractivity contribution in [1.29, 1.82) is 0 Å². The predicted molar refractivity (Wildman–Crippen MR) is 110 cm³/mol. The lowest BCUT2D eigenvalue weighted by Gasteiger charge is -2.18. The first kappa shape index (κ1) is 20.8. The maximum absolute atomic E-state index is 14.3. The molecular formula is C20H18Cl2FN4O3. The first-order chi connectivity index (χ1) is 14.3. The topological polar surface area (TPSA) is 93.2 Å². The fourth-order valence-electron chi connectivity index (χ4n) is 3.50. The first-order valence-electron chi connectivity index (χ1n) is 9.20. The number of hydrogen-bond donors (Lipinski definition) is 2. The summed E-state index contributed by atoms with van der Waals surface area (Å²) >= 11 is 12.1. The quantitative estimate of drug-likeness (QED) is 0.553. The lowest BCUT2D eigenvalue weighted by atomic mass is 10.1. The van der Waals surface area contributed by atoms with E-state index in [2.05, 4.69) is 22.2 Å². The van der Waals surface area contributed by atoms with Crippen molar-refractivity contribution in [2.45, 2.75) is 31.3 Å². The number of aromatic nitrogens is 3. The molecule has 0 saturated heterocycles. The van der Waals surface area contributed by atoms with Gasteiger partial charge in [0.05, 0.1) is 24.3 Å². The van der Waals surface area contributed by atoms with Gasteiger partial charge in [0, 0.05) is 18.0 Å². The summed E-state index contributed by atoms with van der Waals surface area (Å²) in [6.07, 6.45) is 1.84. The first-order valence-corrected chi connectivity index (χ1v) is 9.95. The van der Waals surface area contributed by atoms with Gasteiger partial charge in [0.1, 0.15) is 29.2 Å². The Kier molecular flexibility index (Phi) is 5.81. The van der Waals surface area contributed by atoms with Crippen LogP contribution in [-0.4, -0.2) is 43.7 Å². The van der Waals surface area contributed by atoms with Crippen molar-refractivity contribution in [2.75, 3.05) is 5.32 Å². The van der Waals surface area contributed by atoms with E-state index in [-0.39, 0.29) is 22.4 Å². The molecule has 4 atom stereocenters. The van der Waals surface area contributed by atoms with Gasteiger partial charge in [-0.05, 0) is 49.1 Å².